The Kier molecular flexibility index (Phi) is 6.04. The van der Waals surface area contributed by atoms with Crippen LogP contribution >= 0.6 is 15.9 Å². The van der Waals surface area contributed by atoms with Crippen molar-refractivity contribution in [2.45, 2.75) is 24.8 Å². The summed E-state index contributed by atoms with van der Waals surface area (Å²) in [7, 11) is -3.54. The van der Waals surface area contributed by atoms with Crippen LogP contribution in [0, 0.1) is 0 Å². The number of hydrogen-bond acceptors (Lipinski definition) is 3. The third-order valence-electron chi connectivity index (χ3n) is 1.14. The maximum atomic E-state index is 10.7. The molecule has 86 valence electrons. The molecule has 0 amide bonds. The molecule has 2 N–H and O–H groups in total. The third kappa shape index (κ3) is 7.49. The zero-order valence-corrected chi connectivity index (χ0v) is 10.9. The summed E-state index contributed by atoms with van der Waals surface area (Å²) in [5.41, 5.74) is 0. The third-order valence-corrected chi connectivity index (χ3v) is 2.60. The summed E-state index contributed by atoms with van der Waals surface area (Å²) < 4.78 is 22.2. The Hall–Kier alpha value is -0.430. The Morgan fingerprint density at radius 3 is 1.87 bits per heavy atom. The van der Waals surface area contributed by atoms with E-state index in [1.54, 1.807) is 26.0 Å². The molecule has 1 aromatic carbocycles. The molecule has 1 rings (SSSR count). The molecule has 0 saturated carbocycles. The van der Waals surface area contributed by atoms with Gasteiger partial charge in [-0.2, -0.15) is 0 Å². The van der Waals surface area contributed by atoms with Gasteiger partial charge < -0.3 is 5.11 Å². The first kappa shape index (κ1) is 14.6. The van der Waals surface area contributed by atoms with E-state index in [1.807, 2.05) is 0 Å². The second kappa shape index (κ2) is 6.22. The van der Waals surface area contributed by atoms with Gasteiger partial charge in [0.25, 0.3) is 0 Å². The number of rotatable bonds is 1. The van der Waals surface area contributed by atoms with E-state index in [1.165, 1.54) is 12.1 Å². The van der Waals surface area contributed by atoms with Gasteiger partial charge >= 0.3 is 0 Å². The predicted molar refractivity (Wildman–Crippen MR) is 60.7 cm³/mol. The second-order valence-corrected chi connectivity index (χ2v) is 5.52. The molecule has 0 spiro atoms. The van der Waals surface area contributed by atoms with Crippen molar-refractivity contribution < 1.29 is 13.5 Å². The van der Waals surface area contributed by atoms with Gasteiger partial charge in [0.1, 0.15) is 0 Å². The van der Waals surface area contributed by atoms with Crippen LogP contribution in [0.5, 0.6) is 0 Å². The van der Waals surface area contributed by atoms with Gasteiger partial charge in [0, 0.05) is 4.47 Å². The highest BCUT2D eigenvalue weighted by Crippen LogP contribution is 2.12. The van der Waals surface area contributed by atoms with Crippen LogP contribution in [0.2, 0.25) is 0 Å². The molecule has 0 atom stereocenters. The van der Waals surface area contributed by atoms with Crippen molar-refractivity contribution in [3.63, 3.8) is 0 Å². The number of hydrogen-bond donors (Lipinski definition) is 1. The summed E-state index contributed by atoms with van der Waals surface area (Å²) >= 11 is 3.18. The molecule has 6 heteroatoms. The van der Waals surface area contributed by atoms with Gasteiger partial charge in [0.05, 0.1) is 4.90 Å². The number of benzene rings is 1. The minimum absolute atomic E-state index is 0.126. The molecule has 4 nitrogen and oxygen atoms in total. The summed E-state index contributed by atoms with van der Waals surface area (Å²) in [6.07, 6.45) is -0.417. The Bertz CT molecular complexity index is 384. The zero-order chi connectivity index (χ0) is 12.1. The van der Waals surface area contributed by atoms with Gasteiger partial charge in [-0.3, -0.25) is 0 Å². The Labute approximate surface area is 98.3 Å². The minimum Gasteiger partial charge on any atom is -0.852 e. The minimum atomic E-state index is -3.54. The van der Waals surface area contributed by atoms with Crippen LogP contribution in [0.1, 0.15) is 13.8 Å². The maximum Gasteiger partial charge on any atom is 0.238 e. The summed E-state index contributed by atoms with van der Waals surface area (Å²) in [6.45, 7) is 3.22. The molecule has 0 aromatic heterocycles. The molecule has 0 radical (unpaired) electrons. The highest BCUT2D eigenvalue weighted by molar-refractivity contribution is 9.10. The number of primary sulfonamides is 1. The molecule has 0 aliphatic rings. The van der Waals surface area contributed by atoms with E-state index in [0.29, 0.717) is 0 Å². The number of nitrogens with two attached hydrogens (primary N) is 1. The van der Waals surface area contributed by atoms with Crippen LogP contribution in [0.4, 0.5) is 0 Å². The topological polar surface area (TPSA) is 83.2 Å². The molecule has 0 aliphatic carbocycles. The van der Waals surface area contributed by atoms with Crippen molar-refractivity contribution in [2.24, 2.45) is 5.14 Å². The van der Waals surface area contributed by atoms with Gasteiger partial charge in [0.15, 0.2) is 0 Å². The van der Waals surface area contributed by atoms with E-state index in [-0.39, 0.29) is 4.90 Å². The summed E-state index contributed by atoms with van der Waals surface area (Å²) in [5.74, 6) is 0. The van der Waals surface area contributed by atoms with Crippen molar-refractivity contribution in [3.05, 3.63) is 28.7 Å². The quantitative estimate of drug-likeness (QED) is 0.833. The lowest BCUT2D eigenvalue weighted by Crippen LogP contribution is -2.14. The normalized spacial score (nSPS) is 10.8. The summed E-state index contributed by atoms with van der Waals surface area (Å²) in [6, 6.07) is 6.14. The van der Waals surface area contributed by atoms with E-state index in [0.717, 1.165) is 4.47 Å². The van der Waals surface area contributed by atoms with Crippen LogP contribution in [-0.2, 0) is 10.0 Å². The molecule has 0 saturated heterocycles. The first-order valence-electron chi connectivity index (χ1n) is 4.17. The highest BCUT2D eigenvalue weighted by Gasteiger charge is 2.05. The van der Waals surface area contributed by atoms with E-state index >= 15 is 0 Å². The number of halogens is 1. The van der Waals surface area contributed by atoms with Crippen LogP contribution in [0.3, 0.4) is 0 Å². The summed E-state index contributed by atoms with van der Waals surface area (Å²) in [5, 5.41) is 14.4. The Morgan fingerprint density at radius 1 is 1.27 bits per heavy atom. The van der Waals surface area contributed by atoms with Crippen LogP contribution in [0.15, 0.2) is 33.6 Å². The monoisotopic (exact) mass is 294 g/mol. The van der Waals surface area contributed by atoms with Crippen molar-refractivity contribution in [3.8, 4) is 0 Å². The van der Waals surface area contributed by atoms with E-state index in [4.69, 9.17) is 5.14 Å². The smallest absolute Gasteiger partial charge is 0.238 e. The molecule has 0 unspecified atom stereocenters. The lowest BCUT2D eigenvalue weighted by Gasteiger charge is -2.02. The standard InChI is InChI=1S/C6H6BrNO2S.C3H7O/c7-5-1-3-6(4-2-5)11(8,9)10;1-3(2)4/h1-4H,(H2,8,9,10);3H,1-2H3/q;-1. The van der Waals surface area contributed by atoms with Gasteiger partial charge in [-0.05, 0) is 24.3 Å². The molecule has 0 fully saturated rings. The fourth-order valence-electron chi connectivity index (χ4n) is 0.624. The molecule has 15 heavy (non-hydrogen) atoms. The van der Waals surface area contributed by atoms with Gasteiger partial charge in [-0.1, -0.05) is 29.8 Å². The fraction of sp³-hybridized carbons (Fsp3) is 0.333. The van der Waals surface area contributed by atoms with E-state index in [9.17, 15) is 13.5 Å². The Balaban J connectivity index is 0.000000423. The van der Waals surface area contributed by atoms with Gasteiger partial charge in [-0.25, -0.2) is 13.6 Å². The van der Waals surface area contributed by atoms with E-state index < -0.39 is 16.1 Å². The predicted octanol–water partition coefficient (Wildman–Crippen LogP) is 0.852. The lowest BCUT2D eigenvalue weighted by molar-refractivity contribution is -0.407. The average Bonchev–Trinajstić information content (AvgIpc) is 2.01. The van der Waals surface area contributed by atoms with Crippen molar-refractivity contribution >= 4 is 26.0 Å². The van der Waals surface area contributed by atoms with Gasteiger partial charge in [0.2, 0.25) is 10.0 Å². The van der Waals surface area contributed by atoms with Crippen molar-refractivity contribution in [2.75, 3.05) is 0 Å². The molecular weight excluding hydrogens is 282 g/mol. The van der Waals surface area contributed by atoms with Crippen LogP contribution in [-0.4, -0.2) is 14.5 Å². The second-order valence-electron chi connectivity index (χ2n) is 3.05. The first-order valence-corrected chi connectivity index (χ1v) is 6.51. The molecule has 0 bridgehead atoms. The van der Waals surface area contributed by atoms with Crippen molar-refractivity contribution in [1.29, 1.82) is 0 Å². The highest BCUT2D eigenvalue weighted by atomic mass is 79.9. The molecule has 0 heterocycles. The maximum absolute atomic E-state index is 10.7. The average molecular weight is 295 g/mol. The first-order chi connectivity index (χ1) is 6.73. The number of sulfonamides is 1. The Morgan fingerprint density at radius 2 is 1.60 bits per heavy atom. The largest absolute Gasteiger partial charge is 0.852 e. The molecular formula is C9H13BrNO3S-. The fourth-order valence-corrected chi connectivity index (χ4v) is 1.40. The summed E-state index contributed by atoms with van der Waals surface area (Å²) in [4.78, 5) is 0.126. The van der Waals surface area contributed by atoms with Crippen LogP contribution < -0.4 is 10.2 Å². The molecule has 0 aliphatic heterocycles. The molecule has 1 aromatic rings. The van der Waals surface area contributed by atoms with Crippen LogP contribution in [0.25, 0.3) is 0 Å². The van der Waals surface area contributed by atoms with Crippen molar-refractivity contribution in [1.82, 2.24) is 0 Å². The lowest BCUT2D eigenvalue weighted by atomic mass is 10.4. The zero-order valence-electron chi connectivity index (χ0n) is 8.48. The van der Waals surface area contributed by atoms with Gasteiger partial charge in [-0.15, -0.1) is 6.10 Å². The van der Waals surface area contributed by atoms with E-state index in [2.05, 4.69) is 15.9 Å². The SMILES string of the molecule is CC(C)[O-].NS(=O)(=O)c1ccc(Br)cc1.